The van der Waals surface area contributed by atoms with Gasteiger partial charge in [0.05, 0.1) is 16.8 Å². The van der Waals surface area contributed by atoms with E-state index in [4.69, 9.17) is 4.74 Å². The smallest absolute Gasteiger partial charge is 0.308 e. The monoisotopic (exact) mass is 313 g/mol. The lowest BCUT2D eigenvalue weighted by Crippen LogP contribution is -2.14. The van der Waals surface area contributed by atoms with Crippen LogP contribution in [0.5, 0.6) is 5.75 Å². The summed E-state index contributed by atoms with van der Waals surface area (Å²) in [7, 11) is 0. The van der Waals surface area contributed by atoms with E-state index < -0.39 is 0 Å². The van der Waals surface area contributed by atoms with Crippen LogP contribution in [0.3, 0.4) is 0 Å². The third kappa shape index (κ3) is 3.09. The van der Waals surface area contributed by atoms with Crippen LogP contribution >= 0.6 is 11.3 Å². The van der Waals surface area contributed by atoms with Gasteiger partial charge in [0.2, 0.25) is 0 Å². The first-order valence-electron chi connectivity index (χ1n) is 7.04. The van der Waals surface area contributed by atoms with Gasteiger partial charge in [0.25, 0.3) is 0 Å². The average Bonchev–Trinajstić information content (AvgIpc) is 2.88. The third-order valence-electron chi connectivity index (χ3n) is 3.38. The molecule has 4 nitrogen and oxygen atoms in total. The minimum atomic E-state index is 0.0662. The summed E-state index contributed by atoms with van der Waals surface area (Å²) < 4.78 is 8.43. The summed E-state index contributed by atoms with van der Waals surface area (Å²) in [5.74, 6) is 0.730. The number of carbonyl (C=O) groups excluding carboxylic acids is 1. The molecule has 22 heavy (non-hydrogen) atoms. The molecule has 2 aromatic carbocycles. The van der Waals surface area contributed by atoms with E-state index in [9.17, 15) is 9.59 Å². The molecule has 0 saturated heterocycles. The third-order valence-corrected chi connectivity index (χ3v) is 4.34. The highest BCUT2D eigenvalue weighted by molar-refractivity contribution is 7.16. The van der Waals surface area contributed by atoms with E-state index >= 15 is 0 Å². The summed E-state index contributed by atoms with van der Waals surface area (Å²) in [6.07, 6.45) is 1.55. The van der Waals surface area contributed by atoms with Gasteiger partial charge in [0, 0.05) is 12.1 Å². The Balaban J connectivity index is 1.59. The molecular weight excluding hydrogens is 298 g/mol. The summed E-state index contributed by atoms with van der Waals surface area (Å²) in [6.45, 7) is 1.16. The zero-order valence-electron chi connectivity index (χ0n) is 11.9. The second-order valence-corrected chi connectivity index (χ2v) is 5.87. The molecule has 5 heteroatoms. The predicted octanol–water partition coefficient (Wildman–Crippen LogP) is 3.34. The molecule has 0 bridgehead atoms. The molecule has 3 rings (SSSR count). The number of benzene rings is 2. The maximum Gasteiger partial charge on any atom is 0.308 e. The largest absolute Gasteiger partial charge is 0.494 e. The molecule has 0 saturated carbocycles. The van der Waals surface area contributed by atoms with Gasteiger partial charge < -0.3 is 4.74 Å². The number of rotatable bonds is 6. The molecule has 1 aromatic heterocycles. The van der Waals surface area contributed by atoms with Crippen LogP contribution in [0.2, 0.25) is 0 Å². The molecule has 0 amide bonds. The number of ether oxygens (including phenoxy) is 1. The van der Waals surface area contributed by atoms with Gasteiger partial charge in [-0.05, 0) is 42.8 Å². The van der Waals surface area contributed by atoms with Crippen LogP contribution in [0.1, 0.15) is 16.8 Å². The Labute approximate surface area is 131 Å². The normalized spacial score (nSPS) is 10.7. The summed E-state index contributed by atoms with van der Waals surface area (Å²) in [6, 6.07) is 14.8. The zero-order chi connectivity index (χ0) is 15.4. The standard InChI is InChI=1S/C17H15NO3S/c19-12-13-6-8-14(9-7-13)21-11-3-10-18-15-4-1-2-5-16(15)22-17(18)20/h1-2,4-9,12H,3,10-11H2. The van der Waals surface area contributed by atoms with E-state index in [1.807, 2.05) is 24.3 Å². The first kappa shape index (κ1) is 14.5. The number of aryl methyl sites for hydroxylation is 1. The van der Waals surface area contributed by atoms with Crippen molar-refractivity contribution in [1.82, 2.24) is 4.57 Å². The van der Waals surface area contributed by atoms with Gasteiger partial charge in [-0.3, -0.25) is 14.2 Å². The minimum Gasteiger partial charge on any atom is -0.494 e. The van der Waals surface area contributed by atoms with Crippen molar-refractivity contribution in [2.24, 2.45) is 0 Å². The van der Waals surface area contributed by atoms with E-state index in [-0.39, 0.29) is 4.87 Å². The van der Waals surface area contributed by atoms with Crippen LogP contribution in [0.15, 0.2) is 53.3 Å². The van der Waals surface area contributed by atoms with Crippen LogP contribution in [-0.2, 0) is 6.54 Å². The topological polar surface area (TPSA) is 48.3 Å². The Morgan fingerprint density at radius 3 is 2.64 bits per heavy atom. The number of aldehydes is 1. The van der Waals surface area contributed by atoms with Gasteiger partial charge >= 0.3 is 4.87 Å². The number of hydrogen-bond acceptors (Lipinski definition) is 4. The Morgan fingerprint density at radius 1 is 1.09 bits per heavy atom. The fourth-order valence-electron chi connectivity index (χ4n) is 2.28. The van der Waals surface area contributed by atoms with Crippen LogP contribution in [-0.4, -0.2) is 17.5 Å². The number of para-hydroxylation sites is 1. The summed E-state index contributed by atoms with van der Waals surface area (Å²) in [5, 5.41) is 0. The lowest BCUT2D eigenvalue weighted by molar-refractivity contribution is 0.112. The summed E-state index contributed by atoms with van der Waals surface area (Å²) >= 11 is 1.27. The highest BCUT2D eigenvalue weighted by Crippen LogP contribution is 2.17. The number of fused-ring (bicyclic) bond motifs is 1. The highest BCUT2D eigenvalue weighted by atomic mass is 32.1. The number of nitrogens with zero attached hydrogens (tertiary/aromatic N) is 1. The molecule has 0 atom stereocenters. The lowest BCUT2D eigenvalue weighted by atomic mass is 10.2. The number of carbonyl (C=O) groups is 1. The van der Waals surface area contributed by atoms with Crippen molar-refractivity contribution in [1.29, 1.82) is 0 Å². The Morgan fingerprint density at radius 2 is 1.86 bits per heavy atom. The van der Waals surface area contributed by atoms with E-state index in [0.29, 0.717) is 18.7 Å². The van der Waals surface area contributed by atoms with Crippen molar-refractivity contribution in [3.8, 4) is 5.75 Å². The average molecular weight is 313 g/mol. The van der Waals surface area contributed by atoms with Crippen molar-refractivity contribution in [3.63, 3.8) is 0 Å². The SMILES string of the molecule is O=Cc1ccc(OCCCn2c(=O)sc3ccccc32)cc1. The van der Waals surface area contributed by atoms with Crippen LogP contribution in [0.4, 0.5) is 0 Å². The van der Waals surface area contributed by atoms with Gasteiger partial charge in [-0.2, -0.15) is 0 Å². The molecule has 0 radical (unpaired) electrons. The lowest BCUT2D eigenvalue weighted by Gasteiger charge is -2.07. The van der Waals surface area contributed by atoms with Gasteiger partial charge in [-0.25, -0.2) is 0 Å². The van der Waals surface area contributed by atoms with Crippen LogP contribution in [0.25, 0.3) is 10.2 Å². The number of hydrogen-bond donors (Lipinski definition) is 0. The first-order valence-corrected chi connectivity index (χ1v) is 7.86. The maximum atomic E-state index is 12.0. The zero-order valence-corrected chi connectivity index (χ0v) is 12.7. The number of thiazole rings is 1. The van der Waals surface area contributed by atoms with Gasteiger partial charge in [0.1, 0.15) is 12.0 Å². The van der Waals surface area contributed by atoms with E-state index in [1.165, 1.54) is 11.3 Å². The molecule has 0 N–H and O–H groups in total. The second kappa shape index (κ2) is 6.58. The van der Waals surface area contributed by atoms with Gasteiger partial charge in [-0.1, -0.05) is 23.5 Å². The Hall–Kier alpha value is -2.40. The van der Waals surface area contributed by atoms with E-state index in [2.05, 4.69) is 0 Å². The summed E-state index contributed by atoms with van der Waals surface area (Å²) in [5.41, 5.74) is 1.61. The highest BCUT2D eigenvalue weighted by Gasteiger charge is 2.06. The van der Waals surface area contributed by atoms with Crippen LogP contribution < -0.4 is 9.61 Å². The van der Waals surface area contributed by atoms with E-state index in [0.717, 1.165) is 28.7 Å². The number of aromatic nitrogens is 1. The maximum absolute atomic E-state index is 12.0. The molecule has 1 heterocycles. The fraction of sp³-hybridized carbons (Fsp3) is 0.176. The van der Waals surface area contributed by atoms with Crippen molar-refractivity contribution in [2.45, 2.75) is 13.0 Å². The quantitative estimate of drug-likeness (QED) is 0.518. The van der Waals surface area contributed by atoms with Crippen molar-refractivity contribution >= 4 is 27.8 Å². The van der Waals surface area contributed by atoms with Crippen LogP contribution in [0, 0.1) is 0 Å². The molecular formula is C17H15NO3S. The molecule has 112 valence electrons. The molecule has 0 fully saturated rings. The fourth-order valence-corrected chi connectivity index (χ4v) is 3.20. The molecule has 0 spiro atoms. The Kier molecular flexibility index (Phi) is 4.34. The summed E-state index contributed by atoms with van der Waals surface area (Å²) in [4.78, 5) is 22.6. The van der Waals surface area contributed by atoms with Gasteiger partial charge in [0.15, 0.2) is 0 Å². The Bertz CT molecular complexity index is 833. The van der Waals surface area contributed by atoms with E-state index in [1.54, 1.807) is 28.8 Å². The molecule has 0 aliphatic heterocycles. The van der Waals surface area contributed by atoms with Crippen molar-refractivity contribution in [2.75, 3.05) is 6.61 Å². The predicted molar refractivity (Wildman–Crippen MR) is 88.0 cm³/mol. The molecule has 3 aromatic rings. The molecule has 0 unspecified atom stereocenters. The second-order valence-electron chi connectivity index (χ2n) is 4.88. The van der Waals surface area contributed by atoms with Gasteiger partial charge in [-0.15, -0.1) is 0 Å². The molecule has 0 aliphatic rings. The molecule has 0 aliphatic carbocycles. The van der Waals surface area contributed by atoms with Crippen molar-refractivity contribution < 1.29 is 9.53 Å². The first-order chi connectivity index (χ1) is 10.8. The minimum absolute atomic E-state index is 0.0662. The van der Waals surface area contributed by atoms with Crippen molar-refractivity contribution in [3.05, 3.63) is 63.8 Å².